The van der Waals surface area contributed by atoms with Gasteiger partial charge in [0.05, 0.1) is 6.42 Å². The van der Waals surface area contributed by atoms with E-state index in [0.717, 1.165) is 27.7 Å². The molecule has 0 fully saturated rings. The molecule has 1 heterocycles. The molecular weight excluding hydrogens is 329 g/mol. The van der Waals surface area contributed by atoms with E-state index in [1.54, 1.807) is 6.07 Å². The van der Waals surface area contributed by atoms with Crippen molar-refractivity contribution < 1.29 is 14.3 Å². The van der Waals surface area contributed by atoms with Crippen LogP contribution < -0.4 is 0 Å². The average molecular weight is 346 g/mol. The minimum atomic E-state index is -0.844. The van der Waals surface area contributed by atoms with Gasteiger partial charge in [-0.1, -0.05) is 23.7 Å². The van der Waals surface area contributed by atoms with Crippen molar-refractivity contribution in [2.45, 2.75) is 26.3 Å². The molecule has 124 valence electrons. The number of carboxylic acids is 1. The Hall–Kier alpha value is -2.33. The standard InChI is InChI=1S/C19H17ClFNO2/c1-12-16-10-15(21)6-7-18(16)22(17(12)8-9-19(23)24)11-13-2-4-14(20)5-3-13/h2-7,10H,8-9,11H2,1H3,(H,23,24). The van der Waals surface area contributed by atoms with Gasteiger partial charge in [0.1, 0.15) is 5.82 Å². The molecular formula is C19H17ClFNO2. The maximum Gasteiger partial charge on any atom is 0.303 e. The molecule has 0 spiro atoms. The summed E-state index contributed by atoms with van der Waals surface area (Å²) in [6.45, 7) is 2.50. The maximum absolute atomic E-state index is 13.6. The number of aromatic nitrogens is 1. The molecule has 3 rings (SSSR count). The number of halogens is 2. The Balaban J connectivity index is 2.10. The minimum Gasteiger partial charge on any atom is -0.481 e. The summed E-state index contributed by atoms with van der Waals surface area (Å²) in [6, 6.07) is 12.2. The van der Waals surface area contributed by atoms with Crippen LogP contribution in [0.25, 0.3) is 10.9 Å². The van der Waals surface area contributed by atoms with Gasteiger partial charge in [-0.05, 0) is 54.8 Å². The summed E-state index contributed by atoms with van der Waals surface area (Å²) >= 11 is 5.93. The second kappa shape index (κ2) is 6.65. The molecule has 0 saturated heterocycles. The number of nitrogens with zero attached hydrogens (tertiary/aromatic N) is 1. The van der Waals surface area contributed by atoms with Gasteiger partial charge in [0.25, 0.3) is 0 Å². The molecule has 1 aromatic heterocycles. The highest BCUT2D eigenvalue weighted by molar-refractivity contribution is 6.30. The van der Waals surface area contributed by atoms with E-state index in [-0.39, 0.29) is 12.2 Å². The predicted octanol–water partition coefficient (Wildman–Crippen LogP) is 4.81. The first-order valence-corrected chi connectivity index (χ1v) is 8.07. The summed E-state index contributed by atoms with van der Waals surface area (Å²) in [5, 5.41) is 10.5. The molecule has 0 unspecified atom stereocenters. The number of aryl methyl sites for hydroxylation is 1. The SMILES string of the molecule is Cc1c(CCC(=O)O)n(Cc2ccc(Cl)cc2)c2ccc(F)cc12. The number of aliphatic carboxylic acids is 1. The van der Waals surface area contributed by atoms with Gasteiger partial charge in [0, 0.05) is 28.2 Å². The summed E-state index contributed by atoms with van der Waals surface area (Å²) in [5.74, 6) is -1.14. The highest BCUT2D eigenvalue weighted by Crippen LogP contribution is 2.28. The van der Waals surface area contributed by atoms with E-state index in [0.29, 0.717) is 18.0 Å². The smallest absolute Gasteiger partial charge is 0.303 e. The Labute approximate surface area is 144 Å². The molecule has 3 aromatic rings. The number of rotatable bonds is 5. The van der Waals surface area contributed by atoms with Crippen molar-refractivity contribution in [3.05, 3.63) is 70.1 Å². The van der Waals surface area contributed by atoms with E-state index >= 15 is 0 Å². The quantitative estimate of drug-likeness (QED) is 0.721. The van der Waals surface area contributed by atoms with Crippen molar-refractivity contribution in [1.29, 1.82) is 0 Å². The zero-order valence-electron chi connectivity index (χ0n) is 13.2. The van der Waals surface area contributed by atoms with Crippen LogP contribution in [0.15, 0.2) is 42.5 Å². The first-order chi connectivity index (χ1) is 11.5. The Morgan fingerprint density at radius 3 is 2.58 bits per heavy atom. The van der Waals surface area contributed by atoms with Gasteiger partial charge in [0.2, 0.25) is 0 Å². The van der Waals surface area contributed by atoms with Gasteiger partial charge < -0.3 is 9.67 Å². The fourth-order valence-corrected chi connectivity index (χ4v) is 3.17. The third-order valence-corrected chi connectivity index (χ3v) is 4.49. The van der Waals surface area contributed by atoms with Gasteiger partial charge in [-0.2, -0.15) is 0 Å². The zero-order chi connectivity index (χ0) is 17.3. The second-order valence-electron chi connectivity index (χ2n) is 5.84. The molecule has 0 aliphatic carbocycles. The van der Waals surface area contributed by atoms with Crippen molar-refractivity contribution in [2.24, 2.45) is 0 Å². The Kier molecular flexibility index (Phi) is 4.58. The zero-order valence-corrected chi connectivity index (χ0v) is 14.0. The molecule has 24 heavy (non-hydrogen) atoms. The molecule has 0 atom stereocenters. The number of carbonyl (C=O) groups is 1. The van der Waals surface area contributed by atoms with Crippen molar-refractivity contribution in [3.63, 3.8) is 0 Å². The maximum atomic E-state index is 13.6. The van der Waals surface area contributed by atoms with Crippen molar-refractivity contribution in [3.8, 4) is 0 Å². The van der Waals surface area contributed by atoms with Crippen LogP contribution in [0.3, 0.4) is 0 Å². The topological polar surface area (TPSA) is 42.2 Å². The van der Waals surface area contributed by atoms with Crippen LogP contribution in [-0.2, 0) is 17.8 Å². The molecule has 3 nitrogen and oxygen atoms in total. The molecule has 0 saturated carbocycles. The lowest BCUT2D eigenvalue weighted by molar-refractivity contribution is -0.136. The lowest BCUT2D eigenvalue weighted by Gasteiger charge is -2.11. The first-order valence-electron chi connectivity index (χ1n) is 7.69. The lowest BCUT2D eigenvalue weighted by atomic mass is 10.1. The molecule has 0 bridgehead atoms. The summed E-state index contributed by atoms with van der Waals surface area (Å²) in [5.41, 5.74) is 3.81. The largest absolute Gasteiger partial charge is 0.481 e. The fourth-order valence-electron chi connectivity index (χ4n) is 3.05. The summed E-state index contributed by atoms with van der Waals surface area (Å²) in [4.78, 5) is 11.0. The average Bonchev–Trinajstić information content (AvgIpc) is 2.79. The van der Waals surface area contributed by atoms with Gasteiger partial charge >= 0.3 is 5.97 Å². The monoisotopic (exact) mass is 345 g/mol. The summed E-state index contributed by atoms with van der Waals surface area (Å²) in [6.07, 6.45) is 0.450. The number of benzene rings is 2. The Morgan fingerprint density at radius 2 is 1.92 bits per heavy atom. The van der Waals surface area contributed by atoms with Gasteiger partial charge in [0.15, 0.2) is 0 Å². The van der Waals surface area contributed by atoms with Crippen LogP contribution in [0.1, 0.15) is 23.2 Å². The van der Waals surface area contributed by atoms with Gasteiger partial charge in [-0.25, -0.2) is 4.39 Å². The summed E-state index contributed by atoms with van der Waals surface area (Å²) in [7, 11) is 0. The van der Waals surface area contributed by atoms with E-state index in [2.05, 4.69) is 4.57 Å². The highest BCUT2D eigenvalue weighted by Gasteiger charge is 2.16. The van der Waals surface area contributed by atoms with Crippen LogP contribution in [0.5, 0.6) is 0 Å². The number of fused-ring (bicyclic) bond motifs is 1. The molecule has 1 N–H and O–H groups in total. The normalized spacial score (nSPS) is 11.1. The molecule has 0 radical (unpaired) electrons. The van der Waals surface area contributed by atoms with Crippen LogP contribution >= 0.6 is 11.6 Å². The molecule has 0 aliphatic heterocycles. The van der Waals surface area contributed by atoms with Crippen LogP contribution in [0.4, 0.5) is 4.39 Å². The van der Waals surface area contributed by atoms with Gasteiger partial charge in [-0.15, -0.1) is 0 Å². The fraction of sp³-hybridized carbons (Fsp3) is 0.211. The van der Waals surface area contributed by atoms with Crippen molar-refractivity contribution in [1.82, 2.24) is 4.57 Å². The second-order valence-corrected chi connectivity index (χ2v) is 6.28. The van der Waals surface area contributed by atoms with Gasteiger partial charge in [-0.3, -0.25) is 4.79 Å². The van der Waals surface area contributed by atoms with E-state index in [4.69, 9.17) is 16.7 Å². The van der Waals surface area contributed by atoms with E-state index < -0.39 is 5.97 Å². The predicted molar refractivity (Wildman–Crippen MR) is 93.1 cm³/mol. The minimum absolute atomic E-state index is 0.0419. The first kappa shape index (κ1) is 16.5. The third kappa shape index (κ3) is 3.29. The van der Waals surface area contributed by atoms with Crippen molar-refractivity contribution >= 4 is 28.5 Å². The Bertz CT molecular complexity index is 900. The van der Waals surface area contributed by atoms with E-state index in [1.165, 1.54) is 12.1 Å². The lowest BCUT2D eigenvalue weighted by Crippen LogP contribution is -2.07. The molecule has 0 amide bonds. The van der Waals surface area contributed by atoms with Crippen LogP contribution in [0, 0.1) is 12.7 Å². The number of hydrogen-bond acceptors (Lipinski definition) is 1. The van der Waals surface area contributed by atoms with Crippen LogP contribution in [0.2, 0.25) is 5.02 Å². The molecule has 0 aliphatic rings. The summed E-state index contributed by atoms with van der Waals surface area (Å²) < 4.78 is 15.7. The number of carboxylic acid groups (broad SMARTS) is 1. The highest BCUT2D eigenvalue weighted by atomic mass is 35.5. The molecule has 2 aromatic carbocycles. The van der Waals surface area contributed by atoms with Crippen molar-refractivity contribution in [2.75, 3.05) is 0 Å². The number of hydrogen-bond donors (Lipinski definition) is 1. The molecule has 5 heteroatoms. The third-order valence-electron chi connectivity index (χ3n) is 4.24. The van der Waals surface area contributed by atoms with E-state index in [1.807, 2.05) is 31.2 Å². The van der Waals surface area contributed by atoms with Crippen LogP contribution in [-0.4, -0.2) is 15.6 Å². The Morgan fingerprint density at radius 1 is 1.21 bits per heavy atom. The van der Waals surface area contributed by atoms with E-state index in [9.17, 15) is 9.18 Å².